The number of hydrogen-bond acceptors (Lipinski definition) is 4. The van der Waals surface area contributed by atoms with Gasteiger partial charge < -0.3 is 14.6 Å². The van der Waals surface area contributed by atoms with Crippen molar-refractivity contribution >= 4 is 0 Å². The van der Waals surface area contributed by atoms with Gasteiger partial charge in [-0.3, -0.25) is 4.68 Å². The van der Waals surface area contributed by atoms with Crippen LogP contribution in [0.4, 0.5) is 0 Å². The van der Waals surface area contributed by atoms with Crippen LogP contribution in [-0.2, 0) is 24.9 Å². The molecule has 120 valence electrons. The highest BCUT2D eigenvalue weighted by Crippen LogP contribution is 2.33. The lowest BCUT2D eigenvalue weighted by Gasteiger charge is -2.31. The summed E-state index contributed by atoms with van der Waals surface area (Å²) < 4.78 is 10.0. The third-order valence-corrected chi connectivity index (χ3v) is 4.38. The molecule has 2 atom stereocenters. The molecule has 0 bridgehead atoms. The van der Waals surface area contributed by atoms with Crippen LogP contribution in [0.25, 0.3) is 0 Å². The molecular formula is C16H25N5O. The first-order valence-corrected chi connectivity index (χ1v) is 8.07. The fraction of sp³-hybridized carbons (Fsp3) is 0.625. The van der Waals surface area contributed by atoms with Crippen molar-refractivity contribution in [2.75, 3.05) is 13.2 Å². The predicted molar refractivity (Wildman–Crippen MR) is 84.2 cm³/mol. The van der Waals surface area contributed by atoms with Crippen molar-refractivity contribution in [2.45, 2.75) is 39.0 Å². The summed E-state index contributed by atoms with van der Waals surface area (Å²) >= 11 is 0. The molecule has 0 radical (unpaired) electrons. The van der Waals surface area contributed by atoms with Gasteiger partial charge in [0.05, 0.1) is 24.3 Å². The van der Waals surface area contributed by atoms with Crippen molar-refractivity contribution in [1.29, 1.82) is 0 Å². The molecule has 1 fully saturated rings. The molecule has 1 saturated heterocycles. The third-order valence-electron chi connectivity index (χ3n) is 4.38. The summed E-state index contributed by atoms with van der Waals surface area (Å²) in [4.78, 5) is 4.15. The van der Waals surface area contributed by atoms with E-state index in [1.807, 2.05) is 35.0 Å². The lowest BCUT2D eigenvalue weighted by Crippen LogP contribution is -2.32. The van der Waals surface area contributed by atoms with E-state index >= 15 is 0 Å². The number of aromatic nitrogens is 4. The van der Waals surface area contributed by atoms with Gasteiger partial charge in [0, 0.05) is 57.2 Å². The second-order valence-electron chi connectivity index (χ2n) is 5.95. The Hall–Kier alpha value is -1.66. The number of ether oxygens (including phenoxy) is 1. The Morgan fingerprint density at radius 1 is 1.41 bits per heavy atom. The molecule has 0 aliphatic carbocycles. The van der Waals surface area contributed by atoms with Gasteiger partial charge in [0.2, 0.25) is 0 Å². The largest absolute Gasteiger partial charge is 0.373 e. The van der Waals surface area contributed by atoms with E-state index in [0.717, 1.165) is 32.7 Å². The average molecular weight is 303 g/mol. The first-order chi connectivity index (χ1) is 10.8. The minimum Gasteiger partial charge on any atom is -0.373 e. The van der Waals surface area contributed by atoms with E-state index in [-0.39, 0.29) is 6.10 Å². The molecule has 2 aromatic heterocycles. The van der Waals surface area contributed by atoms with Gasteiger partial charge in [0.15, 0.2) is 0 Å². The molecule has 3 rings (SSSR count). The number of nitrogens with zero attached hydrogens (tertiary/aromatic N) is 4. The number of hydrogen-bond donors (Lipinski definition) is 1. The zero-order chi connectivity index (χ0) is 15.4. The van der Waals surface area contributed by atoms with Crippen molar-refractivity contribution in [2.24, 2.45) is 13.0 Å². The van der Waals surface area contributed by atoms with Crippen LogP contribution < -0.4 is 5.32 Å². The molecular weight excluding hydrogens is 278 g/mol. The Labute approximate surface area is 131 Å². The lowest BCUT2D eigenvalue weighted by atomic mass is 9.91. The van der Waals surface area contributed by atoms with Crippen molar-refractivity contribution in [3.8, 4) is 0 Å². The number of imidazole rings is 1. The zero-order valence-corrected chi connectivity index (χ0v) is 13.4. The van der Waals surface area contributed by atoms with Crippen LogP contribution in [0.5, 0.6) is 0 Å². The molecule has 1 aliphatic heterocycles. The Balaban J connectivity index is 1.59. The first kappa shape index (κ1) is 15.2. The van der Waals surface area contributed by atoms with E-state index in [1.54, 1.807) is 0 Å². The van der Waals surface area contributed by atoms with Gasteiger partial charge in [-0.15, -0.1) is 0 Å². The third kappa shape index (κ3) is 3.39. The molecule has 0 aromatic carbocycles. The number of nitrogens with one attached hydrogen (secondary N) is 1. The van der Waals surface area contributed by atoms with Gasteiger partial charge in [-0.05, 0) is 19.8 Å². The molecule has 0 amide bonds. The summed E-state index contributed by atoms with van der Waals surface area (Å²) in [7, 11) is 2.02. The normalized spacial score (nSPS) is 22.1. The quantitative estimate of drug-likeness (QED) is 0.885. The van der Waals surface area contributed by atoms with Crippen molar-refractivity contribution < 1.29 is 4.74 Å². The summed E-state index contributed by atoms with van der Waals surface area (Å²) in [5.41, 5.74) is 2.40. The standard InChI is InChI=1S/C16H25N5O/c1-3-21-11-14(8-19-21)16-13(5-4-6-22-16)7-17-9-15-10-18-12-20(15)2/h8,10-13,16-17H,3-7,9H2,1-2H3/t13-,16+/m0/s1. The van der Waals surface area contributed by atoms with Gasteiger partial charge in [-0.25, -0.2) is 4.98 Å². The van der Waals surface area contributed by atoms with E-state index in [9.17, 15) is 0 Å². The van der Waals surface area contributed by atoms with Crippen LogP contribution in [0.15, 0.2) is 24.9 Å². The Morgan fingerprint density at radius 3 is 3.05 bits per heavy atom. The fourth-order valence-electron chi connectivity index (χ4n) is 3.06. The maximum atomic E-state index is 6.04. The number of aryl methyl sites for hydroxylation is 2. The molecule has 0 saturated carbocycles. The monoisotopic (exact) mass is 303 g/mol. The highest BCUT2D eigenvalue weighted by atomic mass is 16.5. The summed E-state index contributed by atoms with van der Waals surface area (Å²) in [5, 5.41) is 7.93. The van der Waals surface area contributed by atoms with Crippen LogP contribution >= 0.6 is 0 Å². The Morgan fingerprint density at radius 2 is 2.32 bits per heavy atom. The van der Waals surface area contributed by atoms with E-state index in [2.05, 4.69) is 28.5 Å². The van der Waals surface area contributed by atoms with E-state index in [4.69, 9.17) is 4.74 Å². The van der Waals surface area contributed by atoms with Crippen LogP contribution in [0.1, 0.15) is 37.1 Å². The van der Waals surface area contributed by atoms with Crippen LogP contribution in [0.2, 0.25) is 0 Å². The fourth-order valence-corrected chi connectivity index (χ4v) is 3.06. The van der Waals surface area contributed by atoms with Crippen molar-refractivity contribution in [3.05, 3.63) is 36.2 Å². The van der Waals surface area contributed by atoms with Crippen LogP contribution in [0.3, 0.4) is 0 Å². The van der Waals surface area contributed by atoms with E-state index in [1.165, 1.54) is 17.7 Å². The molecule has 6 heteroatoms. The van der Waals surface area contributed by atoms with E-state index in [0.29, 0.717) is 5.92 Å². The second kappa shape index (κ2) is 7.07. The molecule has 3 heterocycles. The maximum absolute atomic E-state index is 6.04. The van der Waals surface area contributed by atoms with E-state index < -0.39 is 0 Å². The summed E-state index contributed by atoms with van der Waals surface area (Å²) in [6.45, 7) is 5.64. The molecule has 0 unspecified atom stereocenters. The van der Waals surface area contributed by atoms with Crippen LogP contribution in [-0.4, -0.2) is 32.5 Å². The summed E-state index contributed by atoms with van der Waals surface area (Å²) in [5.74, 6) is 0.497. The minimum absolute atomic E-state index is 0.160. The molecule has 0 spiro atoms. The van der Waals surface area contributed by atoms with Gasteiger partial charge in [0.25, 0.3) is 0 Å². The minimum atomic E-state index is 0.160. The topological polar surface area (TPSA) is 56.9 Å². The van der Waals surface area contributed by atoms with Crippen LogP contribution in [0, 0.1) is 5.92 Å². The first-order valence-electron chi connectivity index (χ1n) is 8.07. The SMILES string of the molecule is CCn1cc([C@@H]2OCCC[C@H]2CNCc2cncn2C)cn1. The van der Waals surface area contributed by atoms with Gasteiger partial charge in [-0.1, -0.05) is 0 Å². The van der Waals surface area contributed by atoms with Gasteiger partial charge >= 0.3 is 0 Å². The molecule has 6 nitrogen and oxygen atoms in total. The Bertz CT molecular complexity index is 591. The van der Waals surface area contributed by atoms with Crippen molar-refractivity contribution in [3.63, 3.8) is 0 Å². The average Bonchev–Trinajstić information content (AvgIpc) is 3.17. The number of rotatable bonds is 6. The second-order valence-corrected chi connectivity index (χ2v) is 5.95. The molecule has 22 heavy (non-hydrogen) atoms. The Kier molecular flexibility index (Phi) is 4.90. The smallest absolute Gasteiger partial charge is 0.0945 e. The predicted octanol–water partition coefficient (Wildman–Crippen LogP) is 1.89. The van der Waals surface area contributed by atoms with Gasteiger partial charge in [-0.2, -0.15) is 5.10 Å². The molecule has 1 N–H and O–H groups in total. The molecule has 1 aliphatic rings. The zero-order valence-electron chi connectivity index (χ0n) is 13.4. The maximum Gasteiger partial charge on any atom is 0.0945 e. The molecule has 2 aromatic rings. The lowest BCUT2D eigenvalue weighted by molar-refractivity contribution is -0.0279. The van der Waals surface area contributed by atoms with Crippen molar-refractivity contribution in [1.82, 2.24) is 24.6 Å². The van der Waals surface area contributed by atoms with Gasteiger partial charge in [0.1, 0.15) is 0 Å². The highest BCUT2D eigenvalue weighted by molar-refractivity contribution is 5.11. The summed E-state index contributed by atoms with van der Waals surface area (Å²) in [6.07, 6.45) is 10.3. The highest BCUT2D eigenvalue weighted by Gasteiger charge is 2.28. The summed E-state index contributed by atoms with van der Waals surface area (Å²) in [6, 6.07) is 0.